The molecule has 0 radical (unpaired) electrons. The fraction of sp³-hybridized carbons (Fsp3) is 0.385. The van der Waals surface area contributed by atoms with Crippen LogP contribution in [-0.2, 0) is 22.7 Å². The molecule has 1 aromatic rings. The molecule has 0 unspecified atom stereocenters. The zero-order valence-corrected chi connectivity index (χ0v) is 10.1. The largest absolute Gasteiger partial charge is 0.480 e. The van der Waals surface area contributed by atoms with Crippen molar-refractivity contribution < 1.29 is 19.4 Å². The Morgan fingerprint density at radius 3 is 2.78 bits per heavy atom. The molecular formula is C13H15NO4. The minimum atomic E-state index is -1.02. The molecule has 0 saturated carbocycles. The summed E-state index contributed by atoms with van der Waals surface area (Å²) in [6, 6.07) is 4.45. The predicted molar refractivity (Wildman–Crippen MR) is 64.1 cm³/mol. The number of fused-ring (bicyclic) bond motifs is 1. The SMILES string of the molecule is CC[C@H](NC(=O)c1ccc2c(c1)COC2)C(=O)O. The number of carboxylic acid groups (broad SMARTS) is 1. The van der Waals surface area contributed by atoms with Gasteiger partial charge in [0.2, 0.25) is 0 Å². The van der Waals surface area contributed by atoms with Crippen molar-refractivity contribution in [2.45, 2.75) is 32.6 Å². The van der Waals surface area contributed by atoms with Crippen molar-refractivity contribution in [2.75, 3.05) is 0 Å². The zero-order valence-electron chi connectivity index (χ0n) is 10.1. The van der Waals surface area contributed by atoms with E-state index in [0.29, 0.717) is 25.2 Å². The molecule has 0 bridgehead atoms. The van der Waals surface area contributed by atoms with E-state index in [2.05, 4.69) is 5.32 Å². The Bertz CT molecular complexity index is 484. The molecule has 2 N–H and O–H groups in total. The van der Waals surface area contributed by atoms with Gasteiger partial charge in [-0.25, -0.2) is 4.79 Å². The minimum absolute atomic E-state index is 0.356. The van der Waals surface area contributed by atoms with E-state index in [1.165, 1.54) is 0 Å². The molecule has 1 aliphatic heterocycles. The first kappa shape index (κ1) is 12.6. The van der Waals surface area contributed by atoms with Crippen LogP contribution in [0.4, 0.5) is 0 Å². The van der Waals surface area contributed by atoms with Crippen LogP contribution in [0.25, 0.3) is 0 Å². The molecule has 1 heterocycles. The Kier molecular flexibility index (Phi) is 3.62. The third-order valence-corrected chi connectivity index (χ3v) is 3.00. The van der Waals surface area contributed by atoms with E-state index in [4.69, 9.17) is 9.84 Å². The highest BCUT2D eigenvalue weighted by Crippen LogP contribution is 2.20. The van der Waals surface area contributed by atoms with Gasteiger partial charge in [0.1, 0.15) is 6.04 Å². The Labute approximate surface area is 105 Å². The molecule has 1 amide bonds. The second-order valence-electron chi connectivity index (χ2n) is 4.25. The molecule has 1 atom stereocenters. The molecule has 0 spiro atoms. The number of nitrogens with one attached hydrogen (secondary N) is 1. The van der Waals surface area contributed by atoms with Gasteiger partial charge in [-0.3, -0.25) is 4.79 Å². The van der Waals surface area contributed by atoms with Crippen molar-refractivity contribution in [2.24, 2.45) is 0 Å². The summed E-state index contributed by atoms with van der Waals surface area (Å²) in [5, 5.41) is 11.4. The number of hydrogen-bond acceptors (Lipinski definition) is 3. The average molecular weight is 249 g/mol. The van der Waals surface area contributed by atoms with Gasteiger partial charge in [0.25, 0.3) is 5.91 Å². The zero-order chi connectivity index (χ0) is 13.1. The summed E-state index contributed by atoms with van der Waals surface area (Å²) < 4.78 is 5.26. The number of rotatable bonds is 4. The van der Waals surface area contributed by atoms with Gasteiger partial charge in [-0.1, -0.05) is 13.0 Å². The molecule has 5 heteroatoms. The molecule has 5 nitrogen and oxygen atoms in total. The van der Waals surface area contributed by atoms with Crippen molar-refractivity contribution in [3.05, 3.63) is 34.9 Å². The second-order valence-corrected chi connectivity index (χ2v) is 4.25. The van der Waals surface area contributed by atoms with Gasteiger partial charge >= 0.3 is 5.97 Å². The van der Waals surface area contributed by atoms with Crippen LogP contribution in [-0.4, -0.2) is 23.0 Å². The van der Waals surface area contributed by atoms with Crippen molar-refractivity contribution in [3.63, 3.8) is 0 Å². The number of carboxylic acids is 1. The quantitative estimate of drug-likeness (QED) is 0.843. The van der Waals surface area contributed by atoms with Crippen LogP contribution in [0.3, 0.4) is 0 Å². The van der Waals surface area contributed by atoms with Crippen molar-refractivity contribution >= 4 is 11.9 Å². The topological polar surface area (TPSA) is 75.6 Å². The summed E-state index contributed by atoms with van der Waals surface area (Å²) in [6.45, 7) is 2.80. The molecule has 2 rings (SSSR count). The second kappa shape index (κ2) is 5.18. The van der Waals surface area contributed by atoms with Gasteiger partial charge < -0.3 is 15.2 Å². The lowest BCUT2D eigenvalue weighted by Crippen LogP contribution is -2.40. The smallest absolute Gasteiger partial charge is 0.326 e. The van der Waals surface area contributed by atoms with Crippen LogP contribution in [0.1, 0.15) is 34.8 Å². The summed E-state index contributed by atoms with van der Waals surface area (Å²) in [5.41, 5.74) is 2.54. The average Bonchev–Trinajstić information content (AvgIpc) is 2.82. The Morgan fingerprint density at radius 2 is 2.11 bits per heavy atom. The van der Waals surface area contributed by atoms with Crippen molar-refractivity contribution in [1.29, 1.82) is 0 Å². The van der Waals surface area contributed by atoms with Crippen LogP contribution in [0.2, 0.25) is 0 Å². The molecular weight excluding hydrogens is 234 g/mol. The number of benzene rings is 1. The van der Waals surface area contributed by atoms with Gasteiger partial charge in [-0.05, 0) is 29.7 Å². The first-order valence-corrected chi connectivity index (χ1v) is 5.85. The van der Waals surface area contributed by atoms with Gasteiger partial charge in [0, 0.05) is 5.56 Å². The highest BCUT2D eigenvalue weighted by atomic mass is 16.5. The number of hydrogen-bond donors (Lipinski definition) is 2. The predicted octanol–water partition coefficient (Wildman–Crippen LogP) is 1.31. The third-order valence-electron chi connectivity index (χ3n) is 3.00. The monoisotopic (exact) mass is 249 g/mol. The lowest BCUT2D eigenvalue weighted by Gasteiger charge is -2.12. The highest BCUT2D eigenvalue weighted by molar-refractivity contribution is 5.96. The minimum Gasteiger partial charge on any atom is -0.480 e. The lowest BCUT2D eigenvalue weighted by atomic mass is 10.1. The molecule has 96 valence electrons. The summed E-state index contributed by atoms with van der Waals surface area (Å²) in [7, 11) is 0. The number of amides is 1. The highest BCUT2D eigenvalue weighted by Gasteiger charge is 2.20. The molecule has 18 heavy (non-hydrogen) atoms. The fourth-order valence-electron chi connectivity index (χ4n) is 1.89. The van der Waals surface area contributed by atoms with Gasteiger partial charge in [-0.2, -0.15) is 0 Å². The van der Waals surface area contributed by atoms with E-state index in [1.54, 1.807) is 19.1 Å². The number of ether oxygens (including phenoxy) is 1. The van der Waals surface area contributed by atoms with E-state index >= 15 is 0 Å². The summed E-state index contributed by atoms with van der Waals surface area (Å²) in [5.74, 6) is -1.38. The van der Waals surface area contributed by atoms with Gasteiger partial charge in [0.05, 0.1) is 13.2 Å². The number of aliphatic carboxylic acids is 1. The molecule has 0 aromatic heterocycles. The maximum atomic E-state index is 11.9. The van der Waals surface area contributed by atoms with Crippen LogP contribution < -0.4 is 5.32 Å². The number of carbonyl (C=O) groups is 2. The van der Waals surface area contributed by atoms with Crippen LogP contribution in [0, 0.1) is 0 Å². The Morgan fingerprint density at radius 1 is 1.39 bits per heavy atom. The van der Waals surface area contributed by atoms with E-state index in [-0.39, 0.29) is 5.91 Å². The summed E-state index contributed by atoms with van der Waals surface area (Å²) in [6.07, 6.45) is 0.356. The van der Waals surface area contributed by atoms with E-state index in [0.717, 1.165) is 11.1 Å². The normalized spacial score (nSPS) is 14.9. The van der Waals surface area contributed by atoms with Gasteiger partial charge in [0.15, 0.2) is 0 Å². The van der Waals surface area contributed by atoms with Crippen LogP contribution >= 0.6 is 0 Å². The molecule has 1 aromatic carbocycles. The Balaban J connectivity index is 2.12. The summed E-state index contributed by atoms with van der Waals surface area (Å²) in [4.78, 5) is 22.8. The fourth-order valence-corrected chi connectivity index (χ4v) is 1.89. The van der Waals surface area contributed by atoms with Crippen molar-refractivity contribution in [3.8, 4) is 0 Å². The first-order valence-electron chi connectivity index (χ1n) is 5.85. The summed E-state index contributed by atoms with van der Waals surface area (Å²) >= 11 is 0. The van der Waals surface area contributed by atoms with E-state index in [9.17, 15) is 9.59 Å². The Hall–Kier alpha value is -1.88. The molecule has 0 aliphatic carbocycles. The maximum absolute atomic E-state index is 11.9. The first-order chi connectivity index (χ1) is 8.61. The lowest BCUT2D eigenvalue weighted by molar-refractivity contribution is -0.139. The van der Waals surface area contributed by atoms with Crippen molar-refractivity contribution in [1.82, 2.24) is 5.32 Å². The third kappa shape index (κ3) is 2.51. The van der Waals surface area contributed by atoms with E-state index < -0.39 is 12.0 Å². The van der Waals surface area contributed by atoms with Gasteiger partial charge in [-0.15, -0.1) is 0 Å². The van der Waals surface area contributed by atoms with Crippen LogP contribution in [0.15, 0.2) is 18.2 Å². The molecule has 1 aliphatic rings. The standard InChI is InChI=1S/C13H15NO4/c1-2-11(13(16)17)14-12(15)8-3-4-9-6-18-7-10(9)5-8/h3-5,11H,2,6-7H2,1H3,(H,14,15)(H,16,17)/t11-/m0/s1. The van der Waals surface area contributed by atoms with E-state index in [1.807, 2.05) is 6.07 Å². The maximum Gasteiger partial charge on any atom is 0.326 e. The molecule has 0 fully saturated rings. The number of carbonyl (C=O) groups excluding carboxylic acids is 1. The molecule has 0 saturated heterocycles. The van der Waals surface area contributed by atoms with Crippen LogP contribution in [0.5, 0.6) is 0 Å².